The van der Waals surface area contributed by atoms with Gasteiger partial charge in [-0.1, -0.05) is 17.7 Å². The smallest absolute Gasteiger partial charge is 0.261 e. The van der Waals surface area contributed by atoms with E-state index in [1.54, 1.807) is 0 Å². The van der Waals surface area contributed by atoms with Crippen LogP contribution >= 0.6 is 11.6 Å². The standard InChI is InChI=1S/C12H8ClF2NO2S/c13-8-2-1-3-10(6-8)19(17,18)16-9-4-5-11(14)12(15)7-9/h1-7,16H. The number of anilines is 1. The van der Waals surface area contributed by atoms with Crippen LogP contribution in [0.25, 0.3) is 0 Å². The first kappa shape index (κ1) is 13.8. The minimum atomic E-state index is -3.89. The van der Waals surface area contributed by atoms with Gasteiger partial charge in [-0.2, -0.15) is 0 Å². The molecule has 0 saturated carbocycles. The van der Waals surface area contributed by atoms with Gasteiger partial charge in [0, 0.05) is 11.1 Å². The van der Waals surface area contributed by atoms with Crippen molar-refractivity contribution in [3.05, 3.63) is 59.1 Å². The molecule has 19 heavy (non-hydrogen) atoms. The van der Waals surface area contributed by atoms with Crippen molar-refractivity contribution in [1.29, 1.82) is 0 Å². The molecule has 0 aliphatic rings. The Morgan fingerprint density at radius 2 is 1.74 bits per heavy atom. The third-order valence-electron chi connectivity index (χ3n) is 2.28. The Kier molecular flexibility index (Phi) is 3.73. The van der Waals surface area contributed by atoms with Crippen LogP contribution in [0.15, 0.2) is 47.4 Å². The maximum atomic E-state index is 13.0. The van der Waals surface area contributed by atoms with Gasteiger partial charge in [-0.25, -0.2) is 17.2 Å². The molecule has 0 heterocycles. The van der Waals surface area contributed by atoms with E-state index >= 15 is 0 Å². The summed E-state index contributed by atoms with van der Waals surface area (Å²) in [6, 6.07) is 8.32. The molecule has 2 aromatic carbocycles. The Morgan fingerprint density at radius 1 is 1.00 bits per heavy atom. The molecule has 3 nitrogen and oxygen atoms in total. The summed E-state index contributed by atoms with van der Waals surface area (Å²) in [5.41, 5.74) is -0.0705. The molecule has 7 heteroatoms. The maximum Gasteiger partial charge on any atom is 0.261 e. The lowest BCUT2D eigenvalue weighted by atomic mass is 10.3. The Morgan fingerprint density at radius 3 is 2.37 bits per heavy atom. The quantitative estimate of drug-likeness (QED) is 0.944. The summed E-state index contributed by atoms with van der Waals surface area (Å²) in [6.07, 6.45) is 0. The summed E-state index contributed by atoms with van der Waals surface area (Å²) in [4.78, 5) is -0.0651. The Bertz CT molecular complexity index is 719. The van der Waals surface area contributed by atoms with E-state index in [4.69, 9.17) is 11.6 Å². The predicted molar refractivity (Wildman–Crippen MR) is 68.6 cm³/mol. The SMILES string of the molecule is O=S(=O)(Nc1ccc(F)c(F)c1)c1cccc(Cl)c1. The molecule has 0 amide bonds. The predicted octanol–water partition coefficient (Wildman–Crippen LogP) is 3.42. The van der Waals surface area contributed by atoms with Crippen molar-refractivity contribution in [1.82, 2.24) is 0 Å². The summed E-state index contributed by atoms with van der Waals surface area (Å²) >= 11 is 5.70. The van der Waals surface area contributed by atoms with Crippen LogP contribution in [0.4, 0.5) is 14.5 Å². The zero-order valence-electron chi connectivity index (χ0n) is 9.40. The highest BCUT2D eigenvalue weighted by Crippen LogP contribution is 2.20. The van der Waals surface area contributed by atoms with Crippen LogP contribution in [-0.2, 0) is 10.0 Å². The van der Waals surface area contributed by atoms with E-state index in [1.807, 2.05) is 0 Å². The van der Waals surface area contributed by atoms with Crippen molar-refractivity contribution >= 4 is 27.3 Å². The first-order valence-electron chi connectivity index (χ1n) is 5.12. The normalized spacial score (nSPS) is 11.3. The Balaban J connectivity index is 2.33. The van der Waals surface area contributed by atoms with Crippen LogP contribution in [0, 0.1) is 11.6 Å². The van der Waals surface area contributed by atoms with Gasteiger partial charge >= 0.3 is 0 Å². The highest BCUT2D eigenvalue weighted by molar-refractivity contribution is 7.92. The molecular formula is C12H8ClF2NO2S. The summed E-state index contributed by atoms with van der Waals surface area (Å²) in [5, 5.41) is 0.258. The third-order valence-corrected chi connectivity index (χ3v) is 3.89. The van der Waals surface area contributed by atoms with Gasteiger partial charge in [-0.05, 0) is 30.3 Å². The lowest BCUT2D eigenvalue weighted by Crippen LogP contribution is -2.13. The molecule has 0 radical (unpaired) electrons. The molecule has 0 saturated heterocycles. The minimum absolute atomic E-state index is 0.0651. The van der Waals surface area contributed by atoms with Crippen LogP contribution in [0.5, 0.6) is 0 Å². The first-order valence-corrected chi connectivity index (χ1v) is 6.98. The van der Waals surface area contributed by atoms with Crippen molar-refractivity contribution in [3.8, 4) is 0 Å². The molecule has 1 N–H and O–H groups in total. The Hall–Kier alpha value is -1.66. The van der Waals surface area contributed by atoms with Crippen LogP contribution in [0.1, 0.15) is 0 Å². The molecule has 100 valence electrons. The molecule has 0 aliphatic heterocycles. The van der Waals surface area contributed by atoms with Gasteiger partial charge < -0.3 is 0 Å². The lowest BCUT2D eigenvalue weighted by Gasteiger charge is -2.08. The van der Waals surface area contributed by atoms with E-state index in [1.165, 1.54) is 24.3 Å². The number of rotatable bonds is 3. The third kappa shape index (κ3) is 3.21. The fraction of sp³-hybridized carbons (Fsp3) is 0. The molecule has 0 fully saturated rings. The fourth-order valence-corrected chi connectivity index (χ4v) is 2.76. The van der Waals surface area contributed by atoms with E-state index in [9.17, 15) is 17.2 Å². The van der Waals surface area contributed by atoms with Gasteiger partial charge in [0.1, 0.15) is 0 Å². The van der Waals surface area contributed by atoms with E-state index < -0.39 is 21.7 Å². The molecule has 0 aromatic heterocycles. The largest absolute Gasteiger partial charge is 0.280 e. The second-order valence-electron chi connectivity index (χ2n) is 3.69. The zero-order chi connectivity index (χ0) is 14.0. The van der Waals surface area contributed by atoms with Crippen molar-refractivity contribution in [2.45, 2.75) is 4.90 Å². The van der Waals surface area contributed by atoms with Crippen LogP contribution in [-0.4, -0.2) is 8.42 Å². The Labute approximate surface area is 113 Å². The average molecular weight is 304 g/mol. The topological polar surface area (TPSA) is 46.2 Å². The van der Waals surface area contributed by atoms with Crippen molar-refractivity contribution in [2.75, 3.05) is 4.72 Å². The van der Waals surface area contributed by atoms with E-state index in [2.05, 4.69) is 4.72 Å². The second-order valence-corrected chi connectivity index (χ2v) is 5.81. The number of hydrogen-bond acceptors (Lipinski definition) is 2. The van der Waals surface area contributed by atoms with Crippen LogP contribution < -0.4 is 4.72 Å². The van der Waals surface area contributed by atoms with Crippen molar-refractivity contribution in [3.63, 3.8) is 0 Å². The van der Waals surface area contributed by atoms with Crippen molar-refractivity contribution < 1.29 is 17.2 Å². The van der Waals surface area contributed by atoms with E-state index in [-0.39, 0.29) is 15.6 Å². The summed E-state index contributed by atoms with van der Waals surface area (Å²) in [6.45, 7) is 0. The van der Waals surface area contributed by atoms with E-state index in [0.717, 1.165) is 18.2 Å². The van der Waals surface area contributed by atoms with Gasteiger partial charge in [0.05, 0.1) is 10.6 Å². The van der Waals surface area contributed by atoms with Gasteiger partial charge in [0.15, 0.2) is 11.6 Å². The summed E-state index contributed by atoms with van der Waals surface area (Å²) in [5.74, 6) is -2.18. The van der Waals surface area contributed by atoms with Crippen LogP contribution in [0.2, 0.25) is 5.02 Å². The average Bonchev–Trinajstić information content (AvgIpc) is 2.33. The summed E-state index contributed by atoms with van der Waals surface area (Å²) < 4.78 is 51.8. The molecule has 0 unspecified atom stereocenters. The molecule has 2 rings (SSSR count). The summed E-state index contributed by atoms with van der Waals surface area (Å²) in [7, 11) is -3.89. The molecule has 2 aromatic rings. The highest BCUT2D eigenvalue weighted by atomic mass is 35.5. The second kappa shape index (κ2) is 5.14. The monoisotopic (exact) mass is 303 g/mol. The molecule has 0 bridgehead atoms. The maximum absolute atomic E-state index is 13.0. The molecule has 0 aliphatic carbocycles. The van der Waals surface area contributed by atoms with Gasteiger partial charge in [-0.15, -0.1) is 0 Å². The minimum Gasteiger partial charge on any atom is -0.280 e. The molecular weight excluding hydrogens is 296 g/mol. The van der Waals surface area contributed by atoms with Gasteiger partial charge in [-0.3, -0.25) is 4.72 Å². The highest BCUT2D eigenvalue weighted by Gasteiger charge is 2.15. The number of sulfonamides is 1. The van der Waals surface area contributed by atoms with E-state index in [0.29, 0.717) is 0 Å². The van der Waals surface area contributed by atoms with Gasteiger partial charge in [0.25, 0.3) is 10.0 Å². The lowest BCUT2D eigenvalue weighted by molar-refractivity contribution is 0.509. The number of nitrogens with one attached hydrogen (secondary N) is 1. The fourth-order valence-electron chi connectivity index (χ4n) is 1.41. The number of hydrogen-bond donors (Lipinski definition) is 1. The number of benzene rings is 2. The first-order chi connectivity index (χ1) is 8.88. The number of halogens is 3. The molecule has 0 spiro atoms. The van der Waals surface area contributed by atoms with Crippen molar-refractivity contribution in [2.24, 2.45) is 0 Å². The van der Waals surface area contributed by atoms with Crippen LogP contribution in [0.3, 0.4) is 0 Å². The molecule has 0 atom stereocenters. The van der Waals surface area contributed by atoms with Gasteiger partial charge in [0.2, 0.25) is 0 Å². The zero-order valence-corrected chi connectivity index (χ0v) is 11.0.